The van der Waals surface area contributed by atoms with E-state index in [4.69, 9.17) is 9.47 Å². The van der Waals surface area contributed by atoms with Crippen molar-refractivity contribution in [2.24, 2.45) is 0 Å². The summed E-state index contributed by atoms with van der Waals surface area (Å²) in [7, 11) is 0. The molecule has 1 fully saturated rings. The fourth-order valence-electron chi connectivity index (χ4n) is 1.67. The van der Waals surface area contributed by atoms with Crippen LogP contribution in [0.2, 0.25) is 0 Å². The lowest BCUT2D eigenvalue weighted by molar-refractivity contribution is 0.0679. The van der Waals surface area contributed by atoms with Crippen LogP contribution in [-0.4, -0.2) is 19.3 Å². The monoisotopic (exact) mass is 210 g/mol. The molecule has 1 aromatic rings. The molecular weight excluding hydrogens is 195 g/mol. The van der Waals surface area contributed by atoms with Crippen LogP contribution < -0.4 is 4.74 Å². The first-order valence-electron chi connectivity index (χ1n) is 5.26. The molecule has 15 heavy (non-hydrogen) atoms. The standard InChI is InChI=1S/C12H15FO2/c1-9-7-10(4-5-12(9)13)15-8-11-3-2-6-14-11/h4-5,7,11H,2-3,6,8H2,1H3. The third-order valence-corrected chi connectivity index (χ3v) is 2.59. The van der Waals surface area contributed by atoms with Crippen molar-refractivity contribution in [1.82, 2.24) is 0 Å². The molecule has 3 heteroatoms. The normalized spacial score (nSPS) is 20.5. The molecule has 0 saturated carbocycles. The van der Waals surface area contributed by atoms with E-state index < -0.39 is 0 Å². The molecule has 1 aromatic carbocycles. The van der Waals surface area contributed by atoms with E-state index in [2.05, 4.69) is 0 Å². The summed E-state index contributed by atoms with van der Waals surface area (Å²) in [5.74, 6) is 0.517. The highest BCUT2D eigenvalue weighted by molar-refractivity contribution is 5.28. The second-order valence-electron chi connectivity index (χ2n) is 3.86. The lowest BCUT2D eigenvalue weighted by Gasteiger charge is -2.11. The fraction of sp³-hybridized carbons (Fsp3) is 0.500. The Labute approximate surface area is 89.0 Å². The van der Waals surface area contributed by atoms with Gasteiger partial charge in [0.05, 0.1) is 6.10 Å². The van der Waals surface area contributed by atoms with E-state index >= 15 is 0 Å². The number of hydrogen-bond acceptors (Lipinski definition) is 2. The third kappa shape index (κ3) is 2.69. The van der Waals surface area contributed by atoms with Gasteiger partial charge in [-0.05, 0) is 43.5 Å². The smallest absolute Gasteiger partial charge is 0.126 e. The Balaban J connectivity index is 1.90. The number of rotatable bonds is 3. The minimum Gasteiger partial charge on any atom is -0.491 e. The van der Waals surface area contributed by atoms with Crippen LogP contribution in [-0.2, 0) is 4.74 Å². The molecule has 1 aliphatic rings. The Kier molecular flexibility index (Phi) is 3.21. The van der Waals surface area contributed by atoms with Crippen molar-refractivity contribution >= 4 is 0 Å². The summed E-state index contributed by atoms with van der Waals surface area (Å²) in [6, 6.07) is 4.79. The summed E-state index contributed by atoms with van der Waals surface area (Å²) in [6.45, 7) is 3.12. The van der Waals surface area contributed by atoms with Crippen molar-refractivity contribution in [1.29, 1.82) is 0 Å². The van der Waals surface area contributed by atoms with Gasteiger partial charge < -0.3 is 9.47 Å². The average molecular weight is 210 g/mol. The van der Waals surface area contributed by atoms with Gasteiger partial charge in [0.1, 0.15) is 18.2 Å². The quantitative estimate of drug-likeness (QED) is 0.763. The van der Waals surface area contributed by atoms with Crippen LogP contribution in [0, 0.1) is 12.7 Å². The van der Waals surface area contributed by atoms with Crippen molar-refractivity contribution in [3.63, 3.8) is 0 Å². The zero-order chi connectivity index (χ0) is 10.7. The van der Waals surface area contributed by atoms with E-state index in [1.54, 1.807) is 19.1 Å². The van der Waals surface area contributed by atoms with Crippen LogP contribution in [0.1, 0.15) is 18.4 Å². The van der Waals surface area contributed by atoms with E-state index in [0.29, 0.717) is 17.9 Å². The number of ether oxygens (including phenoxy) is 2. The summed E-state index contributed by atoms with van der Waals surface area (Å²) in [5, 5.41) is 0. The highest BCUT2D eigenvalue weighted by atomic mass is 19.1. The van der Waals surface area contributed by atoms with Gasteiger partial charge in [0.2, 0.25) is 0 Å². The number of halogens is 1. The first-order chi connectivity index (χ1) is 7.25. The van der Waals surface area contributed by atoms with E-state index in [-0.39, 0.29) is 11.9 Å². The number of aryl methyl sites for hydroxylation is 1. The Bertz CT molecular complexity index is 332. The predicted octanol–water partition coefficient (Wildman–Crippen LogP) is 2.69. The predicted molar refractivity (Wildman–Crippen MR) is 55.6 cm³/mol. The van der Waals surface area contributed by atoms with Crippen molar-refractivity contribution in [3.05, 3.63) is 29.6 Å². The second-order valence-corrected chi connectivity index (χ2v) is 3.86. The maximum Gasteiger partial charge on any atom is 0.126 e. The Hall–Kier alpha value is -1.09. The minimum atomic E-state index is -0.195. The van der Waals surface area contributed by atoms with Crippen LogP contribution in [0.25, 0.3) is 0 Å². The lowest BCUT2D eigenvalue weighted by Crippen LogP contribution is -2.16. The third-order valence-electron chi connectivity index (χ3n) is 2.59. The van der Waals surface area contributed by atoms with E-state index in [9.17, 15) is 4.39 Å². The van der Waals surface area contributed by atoms with E-state index in [0.717, 1.165) is 19.4 Å². The maximum atomic E-state index is 13.0. The number of hydrogen-bond donors (Lipinski definition) is 0. The first kappa shape index (κ1) is 10.4. The van der Waals surface area contributed by atoms with Crippen LogP contribution in [0.4, 0.5) is 4.39 Å². The molecule has 1 aliphatic heterocycles. The molecule has 2 nitrogen and oxygen atoms in total. The zero-order valence-electron chi connectivity index (χ0n) is 8.83. The maximum absolute atomic E-state index is 13.0. The Morgan fingerprint density at radius 1 is 1.53 bits per heavy atom. The molecule has 0 radical (unpaired) electrons. The minimum absolute atomic E-state index is 0.195. The van der Waals surface area contributed by atoms with Gasteiger partial charge >= 0.3 is 0 Å². The molecule has 1 atom stereocenters. The lowest BCUT2D eigenvalue weighted by atomic mass is 10.2. The molecule has 0 amide bonds. The van der Waals surface area contributed by atoms with E-state index in [1.807, 2.05) is 0 Å². The Morgan fingerprint density at radius 2 is 2.40 bits per heavy atom. The molecule has 0 aromatic heterocycles. The molecule has 82 valence electrons. The molecule has 0 N–H and O–H groups in total. The van der Waals surface area contributed by atoms with Crippen LogP contribution in [0.5, 0.6) is 5.75 Å². The van der Waals surface area contributed by atoms with Crippen molar-refractivity contribution < 1.29 is 13.9 Å². The van der Waals surface area contributed by atoms with Gasteiger partial charge in [-0.2, -0.15) is 0 Å². The molecule has 1 saturated heterocycles. The van der Waals surface area contributed by atoms with Gasteiger partial charge in [-0.25, -0.2) is 4.39 Å². The van der Waals surface area contributed by atoms with Crippen molar-refractivity contribution in [2.75, 3.05) is 13.2 Å². The van der Waals surface area contributed by atoms with Crippen LogP contribution in [0.3, 0.4) is 0 Å². The Morgan fingerprint density at radius 3 is 3.07 bits per heavy atom. The molecular formula is C12H15FO2. The van der Waals surface area contributed by atoms with Crippen molar-refractivity contribution in [3.8, 4) is 5.75 Å². The first-order valence-corrected chi connectivity index (χ1v) is 5.26. The van der Waals surface area contributed by atoms with Gasteiger partial charge in [-0.1, -0.05) is 0 Å². The van der Waals surface area contributed by atoms with Crippen molar-refractivity contribution in [2.45, 2.75) is 25.9 Å². The number of benzene rings is 1. The average Bonchev–Trinajstić information content (AvgIpc) is 2.73. The van der Waals surface area contributed by atoms with Gasteiger partial charge in [0.25, 0.3) is 0 Å². The topological polar surface area (TPSA) is 18.5 Å². The second kappa shape index (κ2) is 4.62. The summed E-state index contributed by atoms with van der Waals surface area (Å²) < 4.78 is 23.9. The summed E-state index contributed by atoms with van der Waals surface area (Å²) in [6.07, 6.45) is 2.37. The van der Waals surface area contributed by atoms with Gasteiger partial charge in [0, 0.05) is 6.61 Å². The summed E-state index contributed by atoms with van der Waals surface area (Å²) >= 11 is 0. The molecule has 1 heterocycles. The SMILES string of the molecule is Cc1cc(OCC2CCCO2)ccc1F. The zero-order valence-corrected chi connectivity index (χ0v) is 8.83. The summed E-state index contributed by atoms with van der Waals surface area (Å²) in [5.41, 5.74) is 0.611. The largest absolute Gasteiger partial charge is 0.491 e. The molecule has 0 aliphatic carbocycles. The molecule has 0 spiro atoms. The van der Waals surface area contributed by atoms with Gasteiger partial charge in [-0.3, -0.25) is 0 Å². The van der Waals surface area contributed by atoms with Gasteiger partial charge in [-0.15, -0.1) is 0 Å². The van der Waals surface area contributed by atoms with Gasteiger partial charge in [0.15, 0.2) is 0 Å². The fourth-order valence-corrected chi connectivity index (χ4v) is 1.67. The molecule has 1 unspecified atom stereocenters. The highest BCUT2D eigenvalue weighted by Gasteiger charge is 2.15. The molecule has 2 rings (SSSR count). The summed E-state index contributed by atoms with van der Waals surface area (Å²) in [4.78, 5) is 0. The van der Waals surface area contributed by atoms with Crippen LogP contribution in [0.15, 0.2) is 18.2 Å². The highest BCUT2D eigenvalue weighted by Crippen LogP contribution is 2.18. The molecule has 0 bridgehead atoms. The van der Waals surface area contributed by atoms with Crippen LogP contribution >= 0.6 is 0 Å². The van der Waals surface area contributed by atoms with E-state index in [1.165, 1.54) is 6.07 Å².